The Kier molecular flexibility index (Phi) is 9.89. The topological polar surface area (TPSA) is 19.6 Å². The Morgan fingerprint density at radius 1 is 0.222 bits per heavy atom. The van der Waals surface area contributed by atoms with E-state index in [-0.39, 0.29) is 0 Å². The molecule has 63 heavy (non-hydrogen) atoms. The largest absolute Gasteiger partial charge is 0.453 e. The molecule has 3 nitrogen and oxygen atoms in total. The quantitative estimate of drug-likeness (QED) is 0.137. The number of para-hydroxylation sites is 4. The summed E-state index contributed by atoms with van der Waals surface area (Å²) in [5.41, 5.74) is 17.5. The highest BCUT2D eigenvalue weighted by Crippen LogP contribution is 2.44. The molecule has 0 saturated heterocycles. The number of hydrogen-bond acceptors (Lipinski definition) is 3. The molecule has 0 fully saturated rings. The predicted octanol–water partition coefficient (Wildman–Crippen LogP) is 17.2. The van der Waals surface area contributed by atoms with Crippen LogP contribution < -0.4 is 9.80 Å². The monoisotopic (exact) mass is 806 g/mol. The Labute approximate surface area is 368 Å². The first-order chi connectivity index (χ1) is 31.2. The molecule has 0 saturated carbocycles. The number of fused-ring (bicyclic) bond motifs is 3. The van der Waals surface area contributed by atoms with Gasteiger partial charge >= 0.3 is 0 Å². The lowest BCUT2D eigenvalue weighted by molar-refractivity contribution is 0.670. The predicted molar refractivity (Wildman–Crippen MR) is 265 cm³/mol. The molecule has 11 rings (SSSR count). The molecule has 298 valence electrons. The molecule has 0 aliphatic carbocycles. The number of furan rings is 1. The number of anilines is 6. The summed E-state index contributed by atoms with van der Waals surface area (Å²) in [6.07, 6.45) is 0. The highest BCUT2D eigenvalue weighted by atomic mass is 16.3. The maximum Gasteiger partial charge on any atom is 0.159 e. The summed E-state index contributed by atoms with van der Waals surface area (Å²) < 4.78 is 6.88. The van der Waals surface area contributed by atoms with E-state index in [0.29, 0.717) is 0 Å². The maximum atomic E-state index is 6.88. The number of benzene rings is 10. The van der Waals surface area contributed by atoms with Crippen LogP contribution >= 0.6 is 0 Å². The number of hydrogen-bond donors (Lipinski definition) is 0. The van der Waals surface area contributed by atoms with Crippen molar-refractivity contribution in [2.24, 2.45) is 0 Å². The summed E-state index contributed by atoms with van der Waals surface area (Å²) in [7, 11) is 0. The van der Waals surface area contributed by atoms with Gasteiger partial charge < -0.3 is 14.2 Å². The van der Waals surface area contributed by atoms with Crippen LogP contribution in [0.1, 0.15) is 0 Å². The molecule has 0 amide bonds. The van der Waals surface area contributed by atoms with Crippen LogP contribution in [0, 0.1) is 0 Å². The van der Waals surface area contributed by atoms with E-state index in [1.807, 2.05) is 6.07 Å². The van der Waals surface area contributed by atoms with Gasteiger partial charge in [0.1, 0.15) is 5.58 Å². The molecule has 1 aromatic heterocycles. The van der Waals surface area contributed by atoms with Crippen LogP contribution in [0.4, 0.5) is 34.1 Å². The fourth-order valence-electron chi connectivity index (χ4n) is 8.75. The molecule has 0 bridgehead atoms. The number of rotatable bonds is 10. The molecule has 0 aliphatic heterocycles. The molecule has 0 N–H and O–H groups in total. The third kappa shape index (κ3) is 7.32. The summed E-state index contributed by atoms with van der Waals surface area (Å²) in [6, 6.07) is 90.4. The zero-order chi connectivity index (χ0) is 42.0. The van der Waals surface area contributed by atoms with E-state index in [1.165, 1.54) is 22.3 Å². The molecule has 0 aliphatic rings. The first kappa shape index (κ1) is 37.6. The van der Waals surface area contributed by atoms with Crippen LogP contribution in [0.3, 0.4) is 0 Å². The second-order valence-electron chi connectivity index (χ2n) is 15.7. The third-order valence-electron chi connectivity index (χ3n) is 11.9. The van der Waals surface area contributed by atoms with E-state index < -0.39 is 0 Å². The van der Waals surface area contributed by atoms with Gasteiger partial charge in [0.2, 0.25) is 0 Å². The lowest BCUT2D eigenvalue weighted by Crippen LogP contribution is -2.10. The number of nitrogens with zero attached hydrogens (tertiary/aromatic N) is 2. The molecule has 11 aromatic rings. The van der Waals surface area contributed by atoms with Crippen molar-refractivity contribution >= 4 is 56.1 Å². The molecular formula is C60H42N2O. The van der Waals surface area contributed by atoms with E-state index in [2.05, 4.69) is 259 Å². The minimum Gasteiger partial charge on any atom is -0.453 e. The van der Waals surface area contributed by atoms with Gasteiger partial charge in [0.15, 0.2) is 5.58 Å². The fourth-order valence-corrected chi connectivity index (χ4v) is 8.75. The van der Waals surface area contributed by atoms with Gasteiger partial charge in [-0.1, -0.05) is 188 Å². The molecule has 0 spiro atoms. The average molecular weight is 807 g/mol. The van der Waals surface area contributed by atoms with Gasteiger partial charge in [-0.15, -0.1) is 0 Å². The third-order valence-corrected chi connectivity index (χ3v) is 11.9. The van der Waals surface area contributed by atoms with Crippen LogP contribution in [-0.4, -0.2) is 0 Å². The van der Waals surface area contributed by atoms with E-state index in [9.17, 15) is 0 Å². The van der Waals surface area contributed by atoms with Crippen molar-refractivity contribution in [2.45, 2.75) is 0 Å². The minimum absolute atomic E-state index is 0.856. The van der Waals surface area contributed by atoms with E-state index in [1.54, 1.807) is 0 Å². The van der Waals surface area contributed by atoms with Crippen molar-refractivity contribution in [1.29, 1.82) is 0 Å². The normalized spacial score (nSPS) is 11.2. The minimum atomic E-state index is 0.856. The van der Waals surface area contributed by atoms with Crippen LogP contribution in [-0.2, 0) is 0 Å². The maximum absolute atomic E-state index is 6.88. The van der Waals surface area contributed by atoms with Crippen LogP contribution in [0.5, 0.6) is 0 Å². The molecule has 0 atom stereocenters. The average Bonchev–Trinajstić information content (AvgIpc) is 3.76. The van der Waals surface area contributed by atoms with Gasteiger partial charge in [-0.05, 0) is 106 Å². The Morgan fingerprint density at radius 2 is 0.556 bits per heavy atom. The molecule has 10 aromatic carbocycles. The van der Waals surface area contributed by atoms with Gasteiger partial charge in [-0.2, -0.15) is 0 Å². The van der Waals surface area contributed by atoms with Crippen molar-refractivity contribution in [2.75, 3.05) is 9.80 Å². The first-order valence-electron chi connectivity index (χ1n) is 21.4. The SMILES string of the molecule is c1ccc(-c2ccc(-c3ccc(N(c4ccccc4)c4ccc(-c5ccc(N(c6ccccc6)c6cccc7c6oc6c(-c8ccccc8)cccc67)cc5)cc4)cc3)cc2)cc1. The van der Waals surface area contributed by atoms with Gasteiger partial charge in [0.05, 0.1) is 5.69 Å². The van der Waals surface area contributed by atoms with Crippen molar-refractivity contribution in [3.8, 4) is 44.5 Å². The highest BCUT2D eigenvalue weighted by molar-refractivity contribution is 6.13. The van der Waals surface area contributed by atoms with E-state index in [0.717, 1.165) is 78.3 Å². The summed E-state index contributed by atoms with van der Waals surface area (Å²) in [5, 5.41) is 2.19. The van der Waals surface area contributed by atoms with E-state index >= 15 is 0 Å². The second-order valence-corrected chi connectivity index (χ2v) is 15.7. The molecular weight excluding hydrogens is 765 g/mol. The van der Waals surface area contributed by atoms with Gasteiger partial charge in [0, 0.05) is 44.8 Å². The van der Waals surface area contributed by atoms with Crippen molar-refractivity contribution in [1.82, 2.24) is 0 Å². The Balaban J connectivity index is 0.900. The zero-order valence-electron chi connectivity index (χ0n) is 34.6. The van der Waals surface area contributed by atoms with Crippen LogP contribution in [0.25, 0.3) is 66.4 Å². The fraction of sp³-hybridized carbons (Fsp3) is 0. The Morgan fingerprint density at radius 3 is 1.03 bits per heavy atom. The molecule has 0 radical (unpaired) electrons. The summed E-state index contributed by atoms with van der Waals surface area (Å²) >= 11 is 0. The lowest BCUT2D eigenvalue weighted by Gasteiger charge is -2.26. The van der Waals surface area contributed by atoms with Crippen molar-refractivity contribution in [3.05, 3.63) is 255 Å². The van der Waals surface area contributed by atoms with Crippen LogP contribution in [0.2, 0.25) is 0 Å². The van der Waals surface area contributed by atoms with Gasteiger partial charge in [-0.25, -0.2) is 0 Å². The van der Waals surface area contributed by atoms with E-state index in [4.69, 9.17) is 4.42 Å². The smallest absolute Gasteiger partial charge is 0.159 e. The first-order valence-corrected chi connectivity index (χ1v) is 21.4. The Hall–Kier alpha value is -8.40. The van der Waals surface area contributed by atoms with Gasteiger partial charge in [0.25, 0.3) is 0 Å². The standard InChI is InChI=1S/C60H42N2O/c1-5-15-43(16-6-1)44-27-29-45(30-28-44)46-31-37-52(38-32-46)61(50-19-9-3-10-20-50)53-39-33-47(34-40-53)48-35-41-54(42-36-48)62(51-21-11-4-12-22-51)58-26-14-25-57-56-24-13-23-55(59(56)63-60(57)58)49-17-7-2-8-18-49/h1-42H. The highest BCUT2D eigenvalue weighted by Gasteiger charge is 2.21. The van der Waals surface area contributed by atoms with Crippen molar-refractivity contribution < 1.29 is 4.42 Å². The lowest BCUT2D eigenvalue weighted by atomic mass is 10.00. The van der Waals surface area contributed by atoms with Gasteiger partial charge in [-0.3, -0.25) is 0 Å². The summed E-state index contributed by atoms with van der Waals surface area (Å²) in [4.78, 5) is 4.61. The summed E-state index contributed by atoms with van der Waals surface area (Å²) in [6.45, 7) is 0. The van der Waals surface area contributed by atoms with Crippen LogP contribution in [0.15, 0.2) is 259 Å². The molecule has 3 heteroatoms. The molecule has 0 unspecified atom stereocenters. The zero-order valence-corrected chi connectivity index (χ0v) is 34.6. The molecule has 1 heterocycles. The Bertz CT molecular complexity index is 3270. The van der Waals surface area contributed by atoms with Crippen molar-refractivity contribution in [3.63, 3.8) is 0 Å². The summed E-state index contributed by atoms with van der Waals surface area (Å²) in [5.74, 6) is 0. The second kappa shape index (κ2) is 16.6.